The normalized spacial score (nSPS) is 11.6. The summed E-state index contributed by atoms with van der Waals surface area (Å²) in [6.07, 6.45) is -4.71. The van der Waals surface area contributed by atoms with Crippen molar-refractivity contribution in [3.63, 3.8) is 0 Å². The van der Waals surface area contributed by atoms with E-state index in [0.717, 1.165) is 18.9 Å². The summed E-state index contributed by atoms with van der Waals surface area (Å²) < 4.78 is 42.0. The first-order valence-corrected chi connectivity index (χ1v) is 5.27. The largest absolute Gasteiger partial charge is 0.490 e. The zero-order valence-electron chi connectivity index (χ0n) is 8.51. The number of H-pyrrole nitrogens is 1. The van der Waals surface area contributed by atoms with Crippen molar-refractivity contribution in [3.8, 4) is 5.75 Å². The monoisotopic (exact) mass is 254 g/mol. The third kappa shape index (κ3) is 2.69. The van der Waals surface area contributed by atoms with Crippen molar-refractivity contribution >= 4 is 11.8 Å². The summed E-state index contributed by atoms with van der Waals surface area (Å²) in [7, 11) is 0.994. The van der Waals surface area contributed by atoms with Gasteiger partial charge in [-0.3, -0.25) is 9.78 Å². The molecule has 0 spiro atoms. The van der Waals surface area contributed by atoms with Gasteiger partial charge in [0.05, 0.1) is 7.11 Å². The molecular formula is C8H9F3N2O2S. The summed E-state index contributed by atoms with van der Waals surface area (Å²) in [4.78, 5) is 16.8. The molecule has 16 heavy (non-hydrogen) atoms. The van der Waals surface area contributed by atoms with E-state index >= 15 is 0 Å². The first-order chi connectivity index (χ1) is 7.40. The first-order valence-electron chi connectivity index (χ1n) is 4.28. The van der Waals surface area contributed by atoms with Crippen LogP contribution in [-0.4, -0.2) is 22.8 Å². The van der Waals surface area contributed by atoms with Gasteiger partial charge in [-0.05, 0) is 5.75 Å². The molecule has 0 aliphatic heterocycles. The van der Waals surface area contributed by atoms with Crippen molar-refractivity contribution in [2.45, 2.75) is 18.3 Å². The lowest BCUT2D eigenvalue weighted by atomic mass is 10.3. The SMILES string of the molecule is CCSc1nc(C(F)(F)F)c(OC)c(=O)[nH]1. The molecule has 0 bridgehead atoms. The Morgan fingerprint density at radius 2 is 2.12 bits per heavy atom. The molecule has 0 saturated carbocycles. The van der Waals surface area contributed by atoms with Crippen molar-refractivity contribution in [2.75, 3.05) is 12.9 Å². The number of alkyl halides is 3. The Bertz CT molecular complexity index is 430. The molecule has 0 fully saturated rings. The number of nitrogens with one attached hydrogen (secondary N) is 1. The predicted molar refractivity (Wildman–Crippen MR) is 52.8 cm³/mol. The van der Waals surface area contributed by atoms with Crippen LogP contribution in [0.5, 0.6) is 5.75 Å². The van der Waals surface area contributed by atoms with Gasteiger partial charge >= 0.3 is 6.18 Å². The molecule has 0 amide bonds. The van der Waals surface area contributed by atoms with Gasteiger partial charge < -0.3 is 4.74 Å². The van der Waals surface area contributed by atoms with Gasteiger partial charge in [-0.2, -0.15) is 13.2 Å². The number of aromatic amines is 1. The number of ether oxygens (including phenoxy) is 1. The van der Waals surface area contributed by atoms with Crippen LogP contribution in [0.4, 0.5) is 13.2 Å². The van der Waals surface area contributed by atoms with Crippen LogP contribution in [-0.2, 0) is 6.18 Å². The zero-order chi connectivity index (χ0) is 12.3. The Morgan fingerprint density at radius 3 is 2.56 bits per heavy atom. The highest BCUT2D eigenvalue weighted by Gasteiger charge is 2.38. The van der Waals surface area contributed by atoms with E-state index in [1.54, 1.807) is 6.92 Å². The Kier molecular flexibility index (Phi) is 3.84. The number of hydrogen-bond acceptors (Lipinski definition) is 4. The number of hydrogen-bond donors (Lipinski definition) is 1. The number of halogens is 3. The predicted octanol–water partition coefficient (Wildman–Crippen LogP) is 1.91. The second-order valence-electron chi connectivity index (χ2n) is 2.68. The zero-order valence-corrected chi connectivity index (χ0v) is 9.33. The van der Waals surface area contributed by atoms with Crippen LogP contribution in [0.3, 0.4) is 0 Å². The Balaban J connectivity index is 3.37. The minimum atomic E-state index is -4.71. The fourth-order valence-electron chi connectivity index (χ4n) is 1.03. The third-order valence-electron chi connectivity index (χ3n) is 1.61. The minimum Gasteiger partial charge on any atom is -0.490 e. The molecule has 0 radical (unpaired) electrons. The molecule has 4 nitrogen and oxygen atoms in total. The van der Waals surface area contributed by atoms with Crippen molar-refractivity contribution in [1.29, 1.82) is 0 Å². The lowest BCUT2D eigenvalue weighted by Crippen LogP contribution is -2.20. The number of aromatic nitrogens is 2. The van der Waals surface area contributed by atoms with E-state index in [1.807, 2.05) is 0 Å². The summed E-state index contributed by atoms with van der Waals surface area (Å²) >= 11 is 1.02. The maximum absolute atomic E-state index is 12.5. The van der Waals surface area contributed by atoms with Crippen LogP contribution < -0.4 is 10.3 Å². The summed E-state index contributed by atoms with van der Waals surface area (Å²) in [6.45, 7) is 1.74. The van der Waals surface area contributed by atoms with E-state index in [2.05, 4.69) is 14.7 Å². The fourth-order valence-corrected chi connectivity index (χ4v) is 1.62. The minimum absolute atomic E-state index is 0.0689. The molecule has 0 saturated heterocycles. The van der Waals surface area contributed by atoms with Gasteiger partial charge in [0.15, 0.2) is 10.9 Å². The Hall–Kier alpha value is -1.18. The van der Waals surface area contributed by atoms with Crippen LogP contribution in [0.1, 0.15) is 12.6 Å². The molecule has 1 heterocycles. The second-order valence-corrected chi connectivity index (χ2v) is 3.94. The average molecular weight is 254 g/mol. The molecule has 0 aliphatic carbocycles. The van der Waals surface area contributed by atoms with E-state index < -0.39 is 23.2 Å². The number of rotatable bonds is 3. The van der Waals surface area contributed by atoms with Crippen LogP contribution in [0.2, 0.25) is 0 Å². The fraction of sp³-hybridized carbons (Fsp3) is 0.500. The highest BCUT2D eigenvalue weighted by Crippen LogP contribution is 2.33. The molecule has 8 heteroatoms. The molecule has 1 aromatic heterocycles. The van der Waals surface area contributed by atoms with Crippen molar-refractivity contribution in [2.24, 2.45) is 0 Å². The molecule has 0 aromatic carbocycles. The molecule has 1 N–H and O–H groups in total. The summed E-state index contributed by atoms with van der Waals surface area (Å²) in [6, 6.07) is 0. The molecule has 90 valence electrons. The maximum Gasteiger partial charge on any atom is 0.437 e. The average Bonchev–Trinajstić information content (AvgIpc) is 2.16. The van der Waals surface area contributed by atoms with E-state index in [-0.39, 0.29) is 5.16 Å². The summed E-state index contributed by atoms with van der Waals surface area (Å²) in [5.74, 6) is -0.306. The van der Waals surface area contributed by atoms with E-state index in [9.17, 15) is 18.0 Å². The molecule has 0 unspecified atom stereocenters. The highest BCUT2D eigenvalue weighted by molar-refractivity contribution is 7.99. The molecule has 1 aromatic rings. The van der Waals surface area contributed by atoms with E-state index in [4.69, 9.17) is 0 Å². The van der Waals surface area contributed by atoms with Crippen LogP contribution in [0.25, 0.3) is 0 Å². The lowest BCUT2D eigenvalue weighted by molar-refractivity contribution is -0.143. The topological polar surface area (TPSA) is 55.0 Å². The maximum atomic E-state index is 12.5. The second kappa shape index (κ2) is 4.77. The van der Waals surface area contributed by atoms with Crippen molar-refractivity contribution in [1.82, 2.24) is 9.97 Å². The Morgan fingerprint density at radius 1 is 1.50 bits per heavy atom. The molecule has 0 aliphatic rings. The van der Waals surface area contributed by atoms with Crippen LogP contribution >= 0.6 is 11.8 Å². The van der Waals surface area contributed by atoms with Gasteiger partial charge in [0.1, 0.15) is 0 Å². The summed E-state index contributed by atoms with van der Waals surface area (Å²) in [5, 5.41) is -0.0689. The number of methoxy groups -OCH3 is 1. The highest BCUT2D eigenvalue weighted by atomic mass is 32.2. The van der Waals surface area contributed by atoms with Gasteiger partial charge in [-0.1, -0.05) is 18.7 Å². The quantitative estimate of drug-likeness (QED) is 0.661. The standard InChI is InChI=1S/C8H9F3N2O2S/c1-3-16-7-12-5(8(9,10)11)4(15-2)6(14)13-7/h3H2,1-2H3,(H,12,13,14). The number of nitrogens with zero attached hydrogens (tertiary/aromatic N) is 1. The number of thioether (sulfide) groups is 1. The van der Waals surface area contributed by atoms with Gasteiger partial charge in [0.2, 0.25) is 5.75 Å². The lowest BCUT2D eigenvalue weighted by Gasteiger charge is -2.10. The van der Waals surface area contributed by atoms with E-state index in [0.29, 0.717) is 5.75 Å². The Labute approximate surface area is 93.2 Å². The van der Waals surface area contributed by atoms with Gasteiger partial charge in [-0.15, -0.1) is 0 Å². The third-order valence-corrected chi connectivity index (χ3v) is 2.36. The molecular weight excluding hydrogens is 245 g/mol. The van der Waals surface area contributed by atoms with Gasteiger partial charge in [0.25, 0.3) is 5.56 Å². The van der Waals surface area contributed by atoms with Crippen LogP contribution in [0, 0.1) is 0 Å². The molecule has 1 rings (SSSR count). The molecule has 0 atom stereocenters. The van der Waals surface area contributed by atoms with Crippen molar-refractivity contribution < 1.29 is 17.9 Å². The smallest absolute Gasteiger partial charge is 0.437 e. The summed E-state index contributed by atoms with van der Waals surface area (Å²) in [5.41, 5.74) is -2.23. The van der Waals surface area contributed by atoms with Gasteiger partial charge in [0, 0.05) is 0 Å². The van der Waals surface area contributed by atoms with Crippen molar-refractivity contribution in [3.05, 3.63) is 16.0 Å². The first kappa shape index (κ1) is 12.9. The van der Waals surface area contributed by atoms with Gasteiger partial charge in [-0.25, -0.2) is 4.98 Å². The van der Waals surface area contributed by atoms with Crippen LogP contribution in [0.15, 0.2) is 9.95 Å². The van der Waals surface area contributed by atoms with E-state index in [1.165, 1.54) is 0 Å².